The molecule has 0 aliphatic heterocycles. The Morgan fingerprint density at radius 1 is 1.24 bits per heavy atom. The van der Waals surface area contributed by atoms with Crippen LogP contribution in [0, 0.1) is 0 Å². The maximum Gasteiger partial charge on any atom is 0.310 e. The quantitative estimate of drug-likeness (QED) is 0.785. The average Bonchev–Trinajstić information content (AvgIpc) is 2.23. The Morgan fingerprint density at radius 2 is 1.82 bits per heavy atom. The first-order valence-corrected chi connectivity index (χ1v) is 6.25. The molecule has 0 unspecified atom stereocenters. The lowest BCUT2D eigenvalue weighted by Gasteiger charge is -2.08. The van der Waals surface area contributed by atoms with E-state index in [0.29, 0.717) is 13.0 Å². The normalized spacial score (nSPS) is 10.1. The molecule has 0 bridgehead atoms. The highest BCUT2D eigenvalue weighted by Gasteiger charge is 2.11. The monoisotopic (exact) mass is 298 g/mol. The highest BCUT2D eigenvalue weighted by atomic mass is 79.9. The molecule has 3 nitrogen and oxygen atoms in total. The van der Waals surface area contributed by atoms with E-state index < -0.39 is 0 Å². The van der Waals surface area contributed by atoms with Crippen molar-refractivity contribution in [3.63, 3.8) is 0 Å². The van der Waals surface area contributed by atoms with E-state index in [4.69, 9.17) is 4.74 Å². The van der Waals surface area contributed by atoms with Gasteiger partial charge < -0.3 is 4.74 Å². The van der Waals surface area contributed by atoms with E-state index in [1.165, 1.54) is 0 Å². The summed E-state index contributed by atoms with van der Waals surface area (Å²) in [5.74, 6) is -0.160. The molecule has 0 N–H and O–H groups in total. The molecule has 0 spiro atoms. The standard InChI is InChI=1S/C13H15BrO3/c1-3-17-12(16)8-11-6-4-5-10(13(11)14)7-9(2)15/h4-6H,3,7-8H2,1-2H3. The van der Waals surface area contributed by atoms with Crippen molar-refractivity contribution >= 4 is 27.7 Å². The fourth-order valence-electron chi connectivity index (χ4n) is 1.54. The minimum absolute atomic E-state index is 0.0963. The number of carbonyl (C=O) groups is 2. The Hall–Kier alpha value is -1.16. The van der Waals surface area contributed by atoms with E-state index in [2.05, 4.69) is 15.9 Å². The van der Waals surface area contributed by atoms with Gasteiger partial charge in [-0.15, -0.1) is 0 Å². The van der Waals surface area contributed by atoms with Gasteiger partial charge in [0.05, 0.1) is 13.0 Å². The van der Waals surface area contributed by atoms with Gasteiger partial charge in [-0.3, -0.25) is 9.59 Å². The molecule has 0 fully saturated rings. The number of benzene rings is 1. The molecule has 0 aromatic heterocycles. The summed E-state index contributed by atoms with van der Waals surface area (Å²) >= 11 is 3.43. The minimum atomic E-state index is -0.256. The number of hydrogen-bond acceptors (Lipinski definition) is 3. The van der Waals surface area contributed by atoms with Gasteiger partial charge in [0.2, 0.25) is 0 Å². The molecule has 0 aliphatic carbocycles. The summed E-state index contributed by atoms with van der Waals surface area (Å²) < 4.78 is 5.72. The van der Waals surface area contributed by atoms with Gasteiger partial charge in [0.25, 0.3) is 0 Å². The molecule has 92 valence electrons. The van der Waals surface area contributed by atoms with Crippen LogP contribution in [0.15, 0.2) is 22.7 Å². The Labute approximate surface area is 109 Å². The van der Waals surface area contributed by atoms with Gasteiger partial charge in [-0.05, 0) is 25.0 Å². The highest BCUT2D eigenvalue weighted by molar-refractivity contribution is 9.10. The third-order valence-electron chi connectivity index (χ3n) is 2.24. The zero-order chi connectivity index (χ0) is 12.8. The molecular weight excluding hydrogens is 284 g/mol. The van der Waals surface area contributed by atoms with Crippen LogP contribution in [0.4, 0.5) is 0 Å². The molecule has 0 radical (unpaired) electrons. The van der Waals surface area contributed by atoms with Crippen molar-refractivity contribution in [2.75, 3.05) is 6.61 Å². The summed E-state index contributed by atoms with van der Waals surface area (Å²) in [4.78, 5) is 22.5. The third-order valence-corrected chi connectivity index (χ3v) is 3.26. The molecule has 0 saturated heterocycles. The Bertz CT molecular complexity index is 427. The number of esters is 1. The summed E-state index contributed by atoms with van der Waals surface area (Å²) in [5.41, 5.74) is 1.75. The van der Waals surface area contributed by atoms with Crippen molar-refractivity contribution in [2.24, 2.45) is 0 Å². The van der Waals surface area contributed by atoms with Crippen molar-refractivity contribution in [3.05, 3.63) is 33.8 Å². The Balaban J connectivity index is 2.86. The van der Waals surface area contributed by atoms with Gasteiger partial charge in [0.15, 0.2) is 0 Å². The van der Waals surface area contributed by atoms with Crippen LogP contribution in [-0.4, -0.2) is 18.4 Å². The first-order valence-electron chi connectivity index (χ1n) is 5.46. The summed E-state index contributed by atoms with van der Waals surface area (Å²) in [5, 5.41) is 0. The van der Waals surface area contributed by atoms with Crippen LogP contribution in [0.1, 0.15) is 25.0 Å². The Kier molecular flexibility index (Phi) is 5.35. The fraction of sp³-hybridized carbons (Fsp3) is 0.385. The predicted octanol–water partition coefficient (Wildman–Crippen LogP) is 2.69. The lowest BCUT2D eigenvalue weighted by molar-refractivity contribution is -0.142. The number of Topliss-reactive ketones (excluding diaryl/α,β-unsaturated/α-hetero) is 1. The van der Waals surface area contributed by atoms with Crippen molar-refractivity contribution < 1.29 is 14.3 Å². The number of ketones is 1. The van der Waals surface area contributed by atoms with E-state index in [-0.39, 0.29) is 18.2 Å². The average molecular weight is 299 g/mol. The second-order valence-corrected chi connectivity index (χ2v) is 4.54. The lowest BCUT2D eigenvalue weighted by atomic mass is 10.0. The van der Waals surface area contributed by atoms with E-state index in [1.54, 1.807) is 13.8 Å². The number of carbonyl (C=O) groups excluding carboxylic acids is 2. The molecule has 1 rings (SSSR count). The highest BCUT2D eigenvalue weighted by Crippen LogP contribution is 2.23. The van der Waals surface area contributed by atoms with Gasteiger partial charge >= 0.3 is 5.97 Å². The van der Waals surface area contributed by atoms with E-state index in [9.17, 15) is 9.59 Å². The number of hydrogen-bond donors (Lipinski definition) is 0. The minimum Gasteiger partial charge on any atom is -0.466 e. The van der Waals surface area contributed by atoms with Gasteiger partial charge in [-0.25, -0.2) is 0 Å². The lowest BCUT2D eigenvalue weighted by Crippen LogP contribution is -2.09. The summed E-state index contributed by atoms with van der Waals surface area (Å²) in [6.45, 7) is 3.70. The molecule has 0 saturated carbocycles. The van der Waals surface area contributed by atoms with Crippen LogP contribution in [-0.2, 0) is 27.2 Å². The smallest absolute Gasteiger partial charge is 0.310 e. The van der Waals surface area contributed by atoms with Crippen LogP contribution >= 0.6 is 15.9 Å². The SMILES string of the molecule is CCOC(=O)Cc1cccc(CC(C)=O)c1Br. The number of ether oxygens (including phenoxy) is 1. The van der Waals surface area contributed by atoms with E-state index in [0.717, 1.165) is 15.6 Å². The van der Waals surface area contributed by atoms with Crippen molar-refractivity contribution in [2.45, 2.75) is 26.7 Å². The summed E-state index contributed by atoms with van der Waals surface area (Å²) in [7, 11) is 0. The van der Waals surface area contributed by atoms with Crippen LogP contribution in [0.3, 0.4) is 0 Å². The van der Waals surface area contributed by atoms with E-state index in [1.807, 2.05) is 18.2 Å². The summed E-state index contributed by atoms with van der Waals surface area (Å²) in [6.07, 6.45) is 0.595. The van der Waals surface area contributed by atoms with Crippen LogP contribution in [0.2, 0.25) is 0 Å². The number of rotatable bonds is 5. The molecule has 0 amide bonds. The van der Waals surface area contributed by atoms with Gasteiger partial charge in [0.1, 0.15) is 5.78 Å². The van der Waals surface area contributed by atoms with Crippen LogP contribution < -0.4 is 0 Å². The molecule has 17 heavy (non-hydrogen) atoms. The van der Waals surface area contributed by atoms with Gasteiger partial charge in [-0.2, -0.15) is 0 Å². The molecular formula is C13H15BrO3. The molecule has 4 heteroatoms. The fourth-order valence-corrected chi connectivity index (χ4v) is 2.09. The van der Waals surface area contributed by atoms with Gasteiger partial charge in [-0.1, -0.05) is 34.1 Å². The maximum atomic E-state index is 11.4. The predicted molar refractivity (Wildman–Crippen MR) is 68.9 cm³/mol. The molecule has 0 heterocycles. The second kappa shape index (κ2) is 6.55. The topological polar surface area (TPSA) is 43.4 Å². The largest absolute Gasteiger partial charge is 0.466 e. The van der Waals surface area contributed by atoms with Gasteiger partial charge in [0, 0.05) is 10.9 Å². The first kappa shape index (κ1) is 13.9. The first-order chi connectivity index (χ1) is 8.04. The van der Waals surface area contributed by atoms with Crippen molar-refractivity contribution in [1.29, 1.82) is 0 Å². The molecule has 0 aliphatic rings. The molecule has 1 aromatic rings. The van der Waals surface area contributed by atoms with Crippen LogP contribution in [0.25, 0.3) is 0 Å². The van der Waals surface area contributed by atoms with E-state index >= 15 is 0 Å². The van der Waals surface area contributed by atoms with Crippen LogP contribution in [0.5, 0.6) is 0 Å². The number of halogens is 1. The Morgan fingerprint density at radius 3 is 2.35 bits per heavy atom. The summed E-state index contributed by atoms with van der Waals surface area (Å²) in [6, 6.07) is 5.57. The van der Waals surface area contributed by atoms with Crippen molar-refractivity contribution in [1.82, 2.24) is 0 Å². The zero-order valence-electron chi connectivity index (χ0n) is 9.96. The maximum absolute atomic E-state index is 11.4. The zero-order valence-corrected chi connectivity index (χ0v) is 11.5. The van der Waals surface area contributed by atoms with Crippen molar-refractivity contribution in [3.8, 4) is 0 Å². The molecule has 0 atom stereocenters. The third kappa shape index (κ3) is 4.30. The second-order valence-electron chi connectivity index (χ2n) is 3.75. The molecule has 1 aromatic carbocycles.